The van der Waals surface area contributed by atoms with Gasteiger partial charge in [-0.25, -0.2) is 4.79 Å². The largest absolute Gasteiger partial charge is 0.465 e. The molecule has 7 heteroatoms. The van der Waals surface area contributed by atoms with E-state index >= 15 is 0 Å². The predicted octanol–water partition coefficient (Wildman–Crippen LogP) is 1.29. The molecule has 6 nitrogen and oxygen atoms in total. The third-order valence-electron chi connectivity index (χ3n) is 5.18. The average Bonchev–Trinajstić information content (AvgIpc) is 2.89. The minimum Gasteiger partial charge on any atom is -0.465 e. The van der Waals surface area contributed by atoms with E-state index < -0.39 is 0 Å². The summed E-state index contributed by atoms with van der Waals surface area (Å²) in [6, 6.07) is 0. The SMILES string of the molecule is COC(=O)c1c(NC(=O)C[NH+]2C[C@@H](C)O[C@H](C)C2)sc2c1CC[C@H](C)C2. The Hall–Kier alpha value is -1.44. The van der Waals surface area contributed by atoms with Crippen LogP contribution >= 0.6 is 11.3 Å². The average molecular weight is 382 g/mol. The summed E-state index contributed by atoms with van der Waals surface area (Å²) in [7, 11) is 1.39. The lowest BCUT2D eigenvalue weighted by molar-refractivity contribution is -0.907. The highest BCUT2D eigenvalue weighted by Gasteiger charge is 2.31. The lowest BCUT2D eigenvalue weighted by Crippen LogP contribution is -3.16. The van der Waals surface area contributed by atoms with Crippen LogP contribution in [0, 0.1) is 5.92 Å². The Morgan fingerprint density at radius 1 is 1.27 bits per heavy atom. The van der Waals surface area contributed by atoms with E-state index in [0.29, 0.717) is 23.0 Å². The topological polar surface area (TPSA) is 69.1 Å². The molecule has 3 atom stereocenters. The van der Waals surface area contributed by atoms with Crippen molar-refractivity contribution in [1.29, 1.82) is 0 Å². The number of fused-ring (bicyclic) bond motifs is 1. The van der Waals surface area contributed by atoms with Crippen LogP contribution in [0.25, 0.3) is 0 Å². The summed E-state index contributed by atoms with van der Waals surface area (Å²) in [6.45, 7) is 8.33. The van der Waals surface area contributed by atoms with Crippen molar-refractivity contribution in [3.05, 3.63) is 16.0 Å². The lowest BCUT2D eigenvalue weighted by atomic mass is 9.88. The fraction of sp³-hybridized carbons (Fsp3) is 0.684. The van der Waals surface area contributed by atoms with Gasteiger partial charge in [0, 0.05) is 4.88 Å². The molecule has 1 saturated heterocycles. The van der Waals surface area contributed by atoms with Crippen LogP contribution in [-0.4, -0.2) is 50.8 Å². The zero-order valence-corrected chi connectivity index (χ0v) is 16.8. The highest BCUT2D eigenvalue weighted by molar-refractivity contribution is 7.17. The second-order valence-electron chi connectivity index (χ2n) is 7.69. The molecule has 2 N–H and O–H groups in total. The number of amides is 1. The van der Waals surface area contributed by atoms with E-state index in [2.05, 4.69) is 12.2 Å². The van der Waals surface area contributed by atoms with Gasteiger partial charge in [-0.2, -0.15) is 0 Å². The van der Waals surface area contributed by atoms with E-state index in [9.17, 15) is 9.59 Å². The van der Waals surface area contributed by atoms with Crippen LogP contribution < -0.4 is 10.2 Å². The van der Waals surface area contributed by atoms with Crippen molar-refractivity contribution in [3.8, 4) is 0 Å². The number of rotatable bonds is 4. The molecule has 1 aliphatic heterocycles. The van der Waals surface area contributed by atoms with Crippen molar-refractivity contribution in [2.75, 3.05) is 32.1 Å². The van der Waals surface area contributed by atoms with Crippen LogP contribution in [0.15, 0.2) is 0 Å². The summed E-state index contributed by atoms with van der Waals surface area (Å²) in [5, 5.41) is 3.64. The van der Waals surface area contributed by atoms with Crippen LogP contribution in [0.2, 0.25) is 0 Å². The van der Waals surface area contributed by atoms with Crippen LogP contribution in [-0.2, 0) is 27.1 Å². The summed E-state index contributed by atoms with van der Waals surface area (Å²) < 4.78 is 10.7. The zero-order chi connectivity index (χ0) is 18.8. The number of ether oxygens (including phenoxy) is 2. The summed E-state index contributed by atoms with van der Waals surface area (Å²) in [6.07, 6.45) is 3.21. The molecule has 0 spiro atoms. The normalized spacial score (nSPS) is 28.3. The number of nitrogens with one attached hydrogen (secondary N) is 2. The summed E-state index contributed by atoms with van der Waals surface area (Å²) in [5.41, 5.74) is 1.63. The summed E-state index contributed by atoms with van der Waals surface area (Å²) >= 11 is 1.53. The Labute approximate surface area is 158 Å². The maximum atomic E-state index is 12.6. The predicted molar refractivity (Wildman–Crippen MR) is 101 cm³/mol. The number of carbonyl (C=O) groups excluding carboxylic acids is 2. The van der Waals surface area contributed by atoms with E-state index in [4.69, 9.17) is 9.47 Å². The van der Waals surface area contributed by atoms with Crippen molar-refractivity contribution >= 4 is 28.2 Å². The molecule has 0 unspecified atom stereocenters. The maximum absolute atomic E-state index is 12.6. The molecule has 0 saturated carbocycles. The standard InChI is InChI=1S/C19H28N2O4S/c1-11-5-6-14-15(7-11)26-18(17(14)19(23)24-4)20-16(22)10-21-8-12(2)25-13(3)9-21/h11-13H,5-10H2,1-4H3,(H,20,22)/p+1/t11-,12+,13+/m0/s1. The molecule has 3 rings (SSSR count). The molecule has 1 aromatic heterocycles. The van der Waals surface area contributed by atoms with E-state index in [-0.39, 0.29) is 24.1 Å². The molecule has 2 aliphatic rings. The van der Waals surface area contributed by atoms with Crippen molar-refractivity contribution in [2.45, 2.75) is 52.2 Å². The molecule has 0 radical (unpaired) electrons. The number of hydrogen-bond donors (Lipinski definition) is 2. The van der Waals surface area contributed by atoms with Crippen LogP contribution in [0.4, 0.5) is 5.00 Å². The van der Waals surface area contributed by atoms with Gasteiger partial charge in [-0.05, 0) is 44.6 Å². The molecular weight excluding hydrogens is 352 g/mol. The second-order valence-corrected chi connectivity index (χ2v) is 8.79. The Morgan fingerprint density at radius 2 is 1.96 bits per heavy atom. The Morgan fingerprint density at radius 3 is 2.62 bits per heavy atom. The fourth-order valence-corrected chi connectivity index (χ4v) is 5.50. The molecular formula is C19H29N2O4S+. The van der Waals surface area contributed by atoms with E-state index in [1.807, 2.05) is 13.8 Å². The highest BCUT2D eigenvalue weighted by atomic mass is 32.1. The van der Waals surface area contributed by atoms with E-state index in [1.165, 1.54) is 28.2 Å². The number of hydrogen-bond acceptors (Lipinski definition) is 5. The van der Waals surface area contributed by atoms with Crippen molar-refractivity contribution in [1.82, 2.24) is 0 Å². The molecule has 0 aromatic carbocycles. The van der Waals surface area contributed by atoms with Gasteiger partial charge < -0.3 is 19.7 Å². The van der Waals surface area contributed by atoms with Gasteiger partial charge in [-0.3, -0.25) is 4.79 Å². The monoisotopic (exact) mass is 381 g/mol. The molecule has 2 heterocycles. The minimum atomic E-state index is -0.353. The minimum absolute atomic E-state index is 0.0573. The number of morpholine rings is 1. The van der Waals surface area contributed by atoms with Crippen LogP contribution in [0.3, 0.4) is 0 Å². The Bertz CT molecular complexity index is 677. The molecule has 144 valence electrons. The van der Waals surface area contributed by atoms with Crippen molar-refractivity contribution in [3.63, 3.8) is 0 Å². The number of methoxy groups -OCH3 is 1. The smallest absolute Gasteiger partial charge is 0.341 e. The van der Waals surface area contributed by atoms with Gasteiger partial charge >= 0.3 is 5.97 Å². The first-order chi connectivity index (χ1) is 12.4. The number of esters is 1. The number of anilines is 1. The van der Waals surface area contributed by atoms with Crippen LogP contribution in [0.1, 0.15) is 48.0 Å². The maximum Gasteiger partial charge on any atom is 0.341 e. The van der Waals surface area contributed by atoms with Crippen molar-refractivity contribution < 1.29 is 24.0 Å². The van der Waals surface area contributed by atoms with Gasteiger partial charge in [-0.1, -0.05) is 6.92 Å². The van der Waals surface area contributed by atoms with Gasteiger partial charge in [0.25, 0.3) is 5.91 Å². The molecule has 0 bridgehead atoms. The van der Waals surface area contributed by atoms with Gasteiger partial charge in [0.15, 0.2) is 6.54 Å². The molecule has 1 aromatic rings. The van der Waals surface area contributed by atoms with E-state index in [0.717, 1.165) is 37.9 Å². The molecule has 26 heavy (non-hydrogen) atoms. The number of quaternary nitrogens is 1. The zero-order valence-electron chi connectivity index (χ0n) is 16.0. The number of thiophene rings is 1. The molecule has 1 fully saturated rings. The van der Waals surface area contributed by atoms with Crippen LogP contribution in [0.5, 0.6) is 0 Å². The summed E-state index contributed by atoms with van der Waals surface area (Å²) in [5.74, 6) is 0.197. The Kier molecular flexibility index (Phi) is 5.99. The molecule has 1 amide bonds. The first kappa shape index (κ1) is 19.3. The molecule has 1 aliphatic carbocycles. The third kappa shape index (κ3) is 4.27. The third-order valence-corrected chi connectivity index (χ3v) is 6.35. The van der Waals surface area contributed by atoms with Gasteiger partial charge in [0.05, 0.1) is 12.7 Å². The van der Waals surface area contributed by atoms with E-state index in [1.54, 1.807) is 0 Å². The van der Waals surface area contributed by atoms with Crippen molar-refractivity contribution in [2.24, 2.45) is 5.92 Å². The number of carbonyl (C=O) groups is 2. The van der Waals surface area contributed by atoms with Gasteiger partial charge in [0.1, 0.15) is 30.3 Å². The highest BCUT2D eigenvalue weighted by Crippen LogP contribution is 2.39. The first-order valence-electron chi connectivity index (χ1n) is 9.39. The quantitative estimate of drug-likeness (QED) is 0.771. The fourth-order valence-electron chi connectivity index (χ4n) is 4.09. The Balaban J connectivity index is 1.74. The first-order valence-corrected chi connectivity index (χ1v) is 10.2. The van der Waals surface area contributed by atoms with Gasteiger partial charge in [0.2, 0.25) is 0 Å². The lowest BCUT2D eigenvalue weighted by Gasteiger charge is -2.31. The van der Waals surface area contributed by atoms with Gasteiger partial charge in [-0.15, -0.1) is 11.3 Å². The second kappa shape index (κ2) is 8.06. The summed E-state index contributed by atoms with van der Waals surface area (Å²) in [4.78, 5) is 27.4.